The molecule has 0 aliphatic carbocycles. The van der Waals surface area contributed by atoms with Gasteiger partial charge >= 0.3 is 0 Å². The standard InChI is InChI=1S/C15H23NO2/c1-2-3-4-5-6-7-15(18)16-12-13-8-10-14(17)11-9-13/h8-11,17H,2-7,12H2,1H3,(H,16,18). The van der Waals surface area contributed by atoms with Gasteiger partial charge in [-0.25, -0.2) is 0 Å². The summed E-state index contributed by atoms with van der Waals surface area (Å²) < 4.78 is 0. The molecule has 0 aliphatic rings. The minimum atomic E-state index is 0.111. The predicted molar refractivity (Wildman–Crippen MR) is 73.3 cm³/mol. The number of phenols is 1. The third-order valence-electron chi connectivity index (χ3n) is 2.93. The van der Waals surface area contributed by atoms with Crippen molar-refractivity contribution < 1.29 is 9.90 Å². The Hall–Kier alpha value is -1.51. The first-order valence-electron chi connectivity index (χ1n) is 6.77. The molecule has 1 aromatic rings. The zero-order valence-electron chi connectivity index (χ0n) is 11.1. The molecule has 18 heavy (non-hydrogen) atoms. The Labute approximate surface area is 109 Å². The Morgan fingerprint density at radius 2 is 1.78 bits per heavy atom. The summed E-state index contributed by atoms with van der Waals surface area (Å²) in [4.78, 5) is 11.6. The Morgan fingerprint density at radius 3 is 2.44 bits per heavy atom. The SMILES string of the molecule is CCCCCCCC(=O)NCc1ccc(O)cc1. The summed E-state index contributed by atoms with van der Waals surface area (Å²) >= 11 is 0. The lowest BCUT2D eigenvalue weighted by Crippen LogP contribution is -2.22. The van der Waals surface area contributed by atoms with Crippen LogP contribution in [0.25, 0.3) is 0 Å². The highest BCUT2D eigenvalue weighted by molar-refractivity contribution is 5.75. The van der Waals surface area contributed by atoms with E-state index in [1.54, 1.807) is 12.1 Å². The van der Waals surface area contributed by atoms with E-state index in [0.717, 1.165) is 18.4 Å². The average molecular weight is 249 g/mol. The zero-order valence-corrected chi connectivity index (χ0v) is 11.1. The smallest absolute Gasteiger partial charge is 0.220 e. The van der Waals surface area contributed by atoms with Crippen molar-refractivity contribution in [3.8, 4) is 5.75 Å². The van der Waals surface area contributed by atoms with Crippen molar-refractivity contribution in [2.45, 2.75) is 52.0 Å². The predicted octanol–water partition coefficient (Wildman–Crippen LogP) is 3.37. The van der Waals surface area contributed by atoms with Gasteiger partial charge in [0.15, 0.2) is 0 Å². The van der Waals surface area contributed by atoms with Crippen molar-refractivity contribution in [2.75, 3.05) is 0 Å². The minimum absolute atomic E-state index is 0.111. The van der Waals surface area contributed by atoms with Crippen LogP contribution in [-0.2, 0) is 11.3 Å². The Balaban J connectivity index is 2.11. The van der Waals surface area contributed by atoms with E-state index in [4.69, 9.17) is 5.11 Å². The van der Waals surface area contributed by atoms with E-state index in [-0.39, 0.29) is 11.7 Å². The lowest BCUT2D eigenvalue weighted by molar-refractivity contribution is -0.121. The van der Waals surface area contributed by atoms with Crippen molar-refractivity contribution in [1.82, 2.24) is 5.32 Å². The van der Waals surface area contributed by atoms with E-state index in [9.17, 15) is 4.79 Å². The summed E-state index contributed by atoms with van der Waals surface area (Å²) in [5.41, 5.74) is 1.01. The number of carbonyl (C=O) groups is 1. The molecule has 0 bridgehead atoms. The molecule has 1 aromatic carbocycles. The molecule has 0 unspecified atom stereocenters. The van der Waals surface area contributed by atoms with E-state index in [2.05, 4.69) is 12.2 Å². The van der Waals surface area contributed by atoms with Crippen LogP contribution in [0.2, 0.25) is 0 Å². The molecule has 100 valence electrons. The lowest BCUT2D eigenvalue weighted by atomic mass is 10.1. The number of carbonyl (C=O) groups excluding carboxylic acids is 1. The van der Waals surface area contributed by atoms with Gasteiger partial charge in [0, 0.05) is 13.0 Å². The molecule has 0 heterocycles. The van der Waals surface area contributed by atoms with Gasteiger partial charge in [0.05, 0.1) is 0 Å². The fraction of sp³-hybridized carbons (Fsp3) is 0.533. The fourth-order valence-corrected chi connectivity index (χ4v) is 1.79. The highest BCUT2D eigenvalue weighted by atomic mass is 16.3. The third-order valence-corrected chi connectivity index (χ3v) is 2.93. The summed E-state index contributed by atoms with van der Waals surface area (Å²) in [6, 6.07) is 6.90. The zero-order chi connectivity index (χ0) is 13.2. The molecular formula is C15H23NO2. The molecule has 0 atom stereocenters. The first-order chi connectivity index (χ1) is 8.72. The summed E-state index contributed by atoms with van der Waals surface area (Å²) in [6.45, 7) is 2.72. The number of aromatic hydroxyl groups is 1. The van der Waals surface area contributed by atoms with Crippen molar-refractivity contribution in [1.29, 1.82) is 0 Å². The van der Waals surface area contributed by atoms with E-state index < -0.39 is 0 Å². The maximum absolute atomic E-state index is 11.6. The summed E-state index contributed by atoms with van der Waals surface area (Å²) in [5.74, 6) is 0.362. The number of hydrogen-bond donors (Lipinski definition) is 2. The number of benzene rings is 1. The molecule has 0 radical (unpaired) electrons. The van der Waals surface area contributed by atoms with E-state index >= 15 is 0 Å². The van der Waals surface area contributed by atoms with Gasteiger partial charge in [-0.2, -0.15) is 0 Å². The Kier molecular flexibility index (Phi) is 6.92. The number of phenolic OH excluding ortho intramolecular Hbond substituents is 1. The van der Waals surface area contributed by atoms with Crippen LogP contribution in [0, 0.1) is 0 Å². The molecule has 0 saturated heterocycles. The van der Waals surface area contributed by atoms with Crippen LogP contribution >= 0.6 is 0 Å². The van der Waals surface area contributed by atoms with Crippen LogP contribution in [-0.4, -0.2) is 11.0 Å². The molecule has 0 spiro atoms. The van der Waals surface area contributed by atoms with Crippen LogP contribution in [0.1, 0.15) is 51.0 Å². The minimum Gasteiger partial charge on any atom is -0.508 e. The highest BCUT2D eigenvalue weighted by Crippen LogP contribution is 2.09. The largest absolute Gasteiger partial charge is 0.508 e. The van der Waals surface area contributed by atoms with Gasteiger partial charge in [-0.05, 0) is 24.1 Å². The molecule has 0 saturated carbocycles. The van der Waals surface area contributed by atoms with E-state index in [1.165, 1.54) is 19.3 Å². The molecule has 3 heteroatoms. The van der Waals surface area contributed by atoms with Crippen LogP contribution in [0.3, 0.4) is 0 Å². The van der Waals surface area contributed by atoms with Gasteiger partial charge < -0.3 is 10.4 Å². The first kappa shape index (κ1) is 14.6. The number of unbranched alkanes of at least 4 members (excludes halogenated alkanes) is 4. The van der Waals surface area contributed by atoms with E-state index in [0.29, 0.717) is 13.0 Å². The van der Waals surface area contributed by atoms with Gasteiger partial charge in [-0.3, -0.25) is 4.79 Å². The van der Waals surface area contributed by atoms with Crippen molar-refractivity contribution in [2.24, 2.45) is 0 Å². The fourth-order valence-electron chi connectivity index (χ4n) is 1.79. The average Bonchev–Trinajstić information content (AvgIpc) is 2.38. The molecule has 1 amide bonds. The summed E-state index contributed by atoms with van der Waals surface area (Å²) in [5, 5.41) is 12.0. The molecule has 0 aliphatic heterocycles. The lowest BCUT2D eigenvalue weighted by Gasteiger charge is -2.05. The maximum Gasteiger partial charge on any atom is 0.220 e. The second-order valence-corrected chi connectivity index (χ2v) is 4.61. The molecule has 0 fully saturated rings. The summed E-state index contributed by atoms with van der Waals surface area (Å²) in [7, 11) is 0. The van der Waals surface area contributed by atoms with Gasteiger partial charge in [0.1, 0.15) is 5.75 Å². The number of hydrogen-bond acceptors (Lipinski definition) is 2. The second kappa shape index (κ2) is 8.56. The summed E-state index contributed by atoms with van der Waals surface area (Å²) in [6.07, 6.45) is 6.44. The quantitative estimate of drug-likeness (QED) is 0.694. The second-order valence-electron chi connectivity index (χ2n) is 4.61. The van der Waals surface area contributed by atoms with Crippen molar-refractivity contribution >= 4 is 5.91 Å². The molecule has 3 nitrogen and oxygen atoms in total. The van der Waals surface area contributed by atoms with Gasteiger partial charge in [-0.1, -0.05) is 44.7 Å². The number of nitrogens with one attached hydrogen (secondary N) is 1. The van der Waals surface area contributed by atoms with Crippen molar-refractivity contribution in [3.63, 3.8) is 0 Å². The van der Waals surface area contributed by atoms with Crippen LogP contribution in [0.5, 0.6) is 5.75 Å². The van der Waals surface area contributed by atoms with Gasteiger partial charge in [0.25, 0.3) is 0 Å². The maximum atomic E-state index is 11.6. The van der Waals surface area contributed by atoms with Crippen LogP contribution < -0.4 is 5.32 Å². The van der Waals surface area contributed by atoms with Crippen LogP contribution in [0.15, 0.2) is 24.3 Å². The Morgan fingerprint density at radius 1 is 1.11 bits per heavy atom. The number of rotatable bonds is 8. The molecule has 2 N–H and O–H groups in total. The normalized spacial score (nSPS) is 10.3. The van der Waals surface area contributed by atoms with Crippen molar-refractivity contribution in [3.05, 3.63) is 29.8 Å². The molecule has 0 aromatic heterocycles. The van der Waals surface area contributed by atoms with Gasteiger partial charge in [0.2, 0.25) is 5.91 Å². The van der Waals surface area contributed by atoms with Gasteiger partial charge in [-0.15, -0.1) is 0 Å². The third kappa shape index (κ3) is 6.28. The monoisotopic (exact) mass is 249 g/mol. The first-order valence-corrected chi connectivity index (χ1v) is 6.77. The molecule has 1 rings (SSSR count). The van der Waals surface area contributed by atoms with Crippen LogP contribution in [0.4, 0.5) is 0 Å². The topological polar surface area (TPSA) is 49.3 Å². The Bertz CT molecular complexity index is 346. The number of amides is 1. The molecular weight excluding hydrogens is 226 g/mol. The highest BCUT2D eigenvalue weighted by Gasteiger charge is 2.01. The van der Waals surface area contributed by atoms with E-state index in [1.807, 2.05) is 12.1 Å².